The SMILES string of the molecule is Cc1cccc(N2CCN(CCC3CCNCC3)CC2)c1.Cl.Cl. The Kier molecular flexibility index (Phi) is 9.30. The lowest BCUT2D eigenvalue weighted by atomic mass is 9.94. The zero-order valence-electron chi connectivity index (χ0n) is 14.2. The summed E-state index contributed by atoms with van der Waals surface area (Å²) in [6.07, 6.45) is 4.15. The standard InChI is InChI=1S/C18H29N3.2ClH/c1-16-3-2-4-18(15-16)21-13-11-20(12-14-21)10-7-17-5-8-19-9-6-17;;/h2-4,15,17,19H,5-14H2,1H3;2*1H. The van der Waals surface area contributed by atoms with E-state index in [4.69, 9.17) is 0 Å². The van der Waals surface area contributed by atoms with Crippen LogP contribution in [0.25, 0.3) is 0 Å². The maximum absolute atomic E-state index is 3.46. The summed E-state index contributed by atoms with van der Waals surface area (Å²) in [5.41, 5.74) is 2.76. The first-order valence-corrected chi connectivity index (χ1v) is 8.56. The van der Waals surface area contributed by atoms with E-state index >= 15 is 0 Å². The molecule has 2 saturated heterocycles. The fourth-order valence-electron chi connectivity index (χ4n) is 3.59. The molecule has 3 nitrogen and oxygen atoms in total. The van der Waals surface area contributed by atoms with Crippen molar-refractivity contribution in [2.75, 3.05) is 50.7 Å². The Bertz CT molecular complexity index is 442. The molecule has 0 aromatic heterocycles. The Morgan fingerprint density at radius 1 is 1.04 bits per heavy atom. The molecular weight excluding hydrogens is 329 g/mol. The minimum atomic E-state index is 0. The topological polar surface area (TPSA) is 18.5 Å². The minimum Gasteiger partial charge on any atom is -0.369 e. The van der Waals surface area contributed by atoms with Gasteiger partial charge in [-0.15, -0.1) is 24.8 Å². The number of nitrogens with zero attached hydrogens (tertiary/aromatic N) is 2. The highest BCUT2D eigenvalue weighted by Crippen LogP contribution is 2.20. The Hall–Kier alpha value is -0.480. The van der Waals surface area contributed by atoms with E-state index in [2.05, 4.69) is 46.3 Å². The van der Waals surface area contributed by atoms with Crippen LogP contribution in [0.15, 0.2) is 24.3 Å². The zero-order valence-corrected chi connectivity index (χ0v) is 15.8. The average Bonchev–Trinajstić information content (AvgIpc) is 2.54. The maximum Gasteiger partial charge on any atom is 0.0369 e. The van der Waals surface area contributed by atoms with Crippen molar-refractivity contribution < 1.29 is 0 Å². The van der Waals surface area contributed by atoms with Crippen molar-refractivity contribution in [1.82, 2.24) is 10.2 Å². The summed E-state index contributed by atoms with van der Waals surface area (Å²) < 4.78 is 0. The summed E-state index contributed by atoms with van der Waals surface area (Å²) in [4.78, 5) is 5.20. The summed E-state index contributed by atoms with van der Waals surface area (Å²) in [5, 5.41) is 3.46. The number of hydrogen-bond donors (Lipinski definition) is 1. The highest BCUT2D eigenvalue weighted by atomic mass is 35.5. The Labute approximate surface area is 153 Å². The number of benzene rings is 1. The fraction of sp³-hybridized carbons (Fsp3) is 0.667. The van der Waals surface area contributed by atoms with Crippen LogP contribution in [0.3, 0.4) is 0 Å². The molecule has 0 aliphatic carbocycles. The van der Waals surface area contributed by atoms with Gasteiger partial charge in [0.25, 0.3) is 0 Å². The first kappa shape index (κ1) is 20.6. The highest BCUT2D eigenvalue weighted by molar-refractivity contribution is 5.85. The van der Waals surface area contributed by atoms with Gasteiger partial charge < -0.3 is 10.2 Å². The van der Waals surface area contributed by atoms with Gasteiger partial charge in [-0.25, -0.2) is 0 Å². The van der Waals surface area contributed by atoms with Crippen LogP contribution in [0.1, 0.15) is 24.8 Å². The van der Waals surface area contributed by atoms with Gasteiger partial charge >= 0.3 is 0 Å². The van der Waals surface area contributed by atoms with Crippen LogP contribution in [-0.4, -0.2) is 50.7 Å². The van der Waals surface area contributed by atoms with E-state index in [9.17, 15) is 0 Å². The molecule has 0 bridgehead atoms. The van der Waals surface area contributed by atoms with Crippen molar-refractivity contribution in [2.45, 2.75) is 26.2 Å². The van der Waals surface area contributed by atoms with E-state index in [-0.39, 0.29) is 24.8 Å². The number of aryl methyl sites for hydroxylation is 1. The quantitative estimate of drug-likeness (QED) is 0.888. The molecule has 0 radical (unpaired) electrons. The smallest absolute Gasteiger partial charge is 0.0369 e. The third kappa shape index (κ3) is 6.15. The summed E-state index contributed by atoms with van der Waals surface area (Å²) in [6.45, 7) is 10.7. The maximum atomic E-state index is 3.46. The Morgan fingerprint density at radius 3 is 2.39 bits per heavy atom. The summed E-state index contributed by atoms with van der Waals surface area (Å²) in [7, 11) is 0. The van der Waals surface area contributed by atoms with Crippen molar-refractivity contribution in [2.24, 2.45) is 5.92 Å². The van der Waals surface area contributed by atoms with E-state index in [0.29, 0.717) is 0 Å². The lowest BCUT2D eigenvalue weighted by molar-refractivity contribution is 0.224. The molecular formula is C18H31Cl2N3. The van der Waals surface area contributed by atoms with Gasteiger partial charge in [0.05, 0.1) is 0 Å². The molecule has 5 heteroatoms. The van der Waals surface area contributed by atoms with E-state index in [1.807, 2.05) is 0 Å². The van der Waals surface area contributed by atoms with Crippen LogP contribution in [0.5, 0.6) is 0 Å². The highest BCUT2D eigenvalue weighted by Gasteiger charge is 2.19. The van der Waals surface area contributed by atoms with Crippen molar-refractivity contribution in [1.29, 1.82) is 0 Å². The molecule has 1 aromatic carbocycles. The number of rotatable bonds is 4. The van der Waals surface area contributed by atoms with Gasteiger partial charge in [0.1, 0.15) is 0 Å². The normalized spacial score (nSPS) is 19.8. The van der Waals surface area contributed by atoms with Crippen LogP contribution >= 0.6 is 24.8 Å². The number of piperazine rings is 1. The number of piperidine rings is 1. The molecule has 1 N–H and O–H groups in total. The molecule has 3 rings (SSSR count). The molecule has 2 fully saturated rings. The first-order valence-electron chi connectivity index (χ1n) is 8.56. The second kappa shape index (κ2) is 10.4. The summed E-state index contributed by atoms with van der Waals surface area (Å²) in [5.74, 6) is 0.959. The van der Waals surface area contributed by atoms with Gasteiger partial charge in [0, 0.05) is 31.9 Å². The molecule has 2 aliphatic rings. The molecule has 132 valence electrons. The molecule has 0 amide bonds. The van der Waals surface area contributed by atoms with Crippen LogP contribution in [0.4, 0.5) is 5.69 Å². The molecule has 2 heterocycles. The number of anilines is 1. The van der Waals surface area contributed by atoms with E-state index in [1.54, 1.807) is 0 Å². The van der Waals surface area contributed by atoms with E-state index in [1.165, 1.54) is 76.3 Å². The van der Waals surface area contributed by atoms with Gasteiger partial charge in [-0.2, -0.15) is 0 Å². The molecule has 0 atom stereocenters. The van der Waals surface area contributed by atoms with Crippen molar-refractivity contribution in [3.05, 3.63) is 29.8 Å². The molecule has 1 aromatic rings. The lowest BCUT2D eigenvalue weighted by Gasteiger charge is -2.37. The largest absolute Gasteiger partial charge is 0.369 e. The van der Waals surface area contributed by atoms with Gasteiger partial charge in [-0.1, -0.05) is 12.1 Å². The first-order chi connectivity index (χ1) is 10.3. The Balaban J connectivity index is 0.00000132. The van der Waals surface area contributed by atoms with Gasteiger partial charge in [-0.3, -0.25) is 4.90 Å². The molecule has 0 spiro atoms. The third-order valence-corrected chi connectivity index (χ3v) is 5.05. The van der Waals surface area contributed by atoms with Crippen molar-refractivity contribution in [3.63, 3.8) is 0 Å². The monoisotopic (exact) mass is 359 g/mol. The van der Waals surface area contributed by atoms with Gasteiger partial charge in [-0.05, 0) is 69.4 Å². The number of nitrogens with one attached hydrogen (secondary N) is 1. The van der Waals surface area contributed by atoms with E-state index in [0.717, 1.165) is 5.92 Å². The van der Waals surface area contributed by atoms with Crippen LogP contribution < -0.4 is 10.2 Å². The zero-order chi connectivity index (χ0) is 14.5. The average molecular weight is 360 g/mol. The number of hydrogen-bond acceptors (Lipinski definition) is 3. The van der Waals surface area contributed by atoms with Crippen LogP contribution in [0.2, 0.25) is 0 Å². The summed E-state index contributed by atoms with van der Waals surface area (Å²) >= 11 is 0. The van der Waals surface area contributed by atoms with Crippen LogP contribution in [-0.2, 0) is 0 Å². The second-order valence-electron chi connectivity index (χ2n) is 6.65. The summed E-state index contributed by atoms with van der Waals surface area (Å²) in [6, 6.07) is 8.91. The van der Waals surface area contributed by atoms with Gasteiger partial charge in [0.15, 0.2) is 0 Å². The minimum absolute atomic E-state index is 0. The van der Waals surface area contributed by atoms with Crippen LogP contribution in [0, 0.1) is 12.8 Å². The molecule has 2 aliphatic heterocycles. The Morgan fingerprint density at radius 2 is 1.74 bits per heavy atom. The predicted molar refractivity (Wildman–Crippen MR) is 105 cm³/mol. The fourth-order valence-corrected chi connectivity index (χ4v) is 3.59. The molecule has 0 unspecified atom stereocenters. The molecule has 0 saturated carbocycles. The van der Waals surface area contributed by atoms with E-state index < -0.39 is 0 Å². The number of halogens is 2. The third-order valence-electron chi connectivity index (χ3n) is 5.05. The van der Waals surface area contributed by atoms with Crippen molar-refractivity contribution in [3.8, 4) is 0 Å². The predicted octanol–water partition coefficient (Wildman–Crippen LogP) is 3.35. The lowest BCUT2D eigenvalue weighted by Crippen LogP contribution is -2.47. The molecule has 23 heavy (non-hydrogen) atoms. The van der Waals surface area contributed by atoms with Gasteiger partial charge in [0.2, 0.25) is 0 Å². The second-order valence-corrected chi connectivity index (χ2v) is 6.65. The van der Waals surface area contributed by atoms with Crippen molar-refractivity contribution >= 4 is 30.5 Å².